The number of halogens is 3. The molecule has 0 saturated carbocycles. The molecule has 0 atom stereocenters. The molecule has 2 heterocycles. The summed E-state index contributed by atoms with van der Waals surface area (Å²) in [4.78, 5) is 4.19. The zero-order valence-corrected chi connectivity index (χ0v) is 12.0. The molecule has 3 nitrogen and oxygen atoms in total. The summed E-state index contributed by atoms with van der Waals surface area (Å²) in [5.74, 6) is 0. The zero-order valence-electron chi connectivity index (χ0n) is 9.65. The van der Waals surface area contributed by atoms with Crippen LogP contribution in [-0.4, -0.2) is 18.1 Å². The third kappa shape index (κ3) is 4.15. The van der Waals surface area contributed by atoms with Crippen molar-refractivity contribution in [2.45, 2.75) is 12.8 Å². The van der Waals surface area contributed by atoms with Gasteiger partial charge in [0.25, 0.3) is 0 Å². The SMILES string of the molecule is Cl.Cl.N#CC(=C1CCNCC1)c1ccc(Cl)cn1. The van der Waals surface area contributed by atoms with Crippen molar-refractivity contribution in [1.29, 1.82) is 5.26 Å². The summed E-state index contributed by atoms with van der Waals surface area (Å²) in [5, 5.41) is 13.1. The van der Waals surface area contributed by atoms with Crippen molar-refractivity contribution in [3.8, 4) is 6.07 Å². The van der Waals surface area contributed by atoms with Crippen LogP contribution in [0.2, 0.25) is 5.02 Å². The predicted molar refractivity (Wildman–Crippen MR) is 78.4 cm³/mol. The lowest BCUT2D eigenvalue weighted by molar-refractivity contribution is 0.612. The highest BCUT2D eigenvalue weighted by Crippen LogP contribution is 2.23. The Hall–Kier alpha value is -0.790. The number of pyridine rings is 1. The molecule has 1 aliphatic rings. The first-order chi connectivity index (χ1) is 7.81. The number of hydrogen-bond acceptors (Lipinski definition) is 3. The van der Waals surface area contributed by atoms with Gasteiger partial charge in [0.05, 0.1) is 16.3 Å². The van der Waals surface area contributed by atoms with Crippen molar-refractivity contribution in [1.82, 2.24) is 10.3 Å². The average molecular weight is 307 g/mol. The van der Waals surface area contributed by atoms with E-state index in [2.05, 4.69) is 16.4 Å². The molecule has 1 N–H and O–H groups in total. The molecular formula is C12H14Cl3N3. The lowest BCUT2D eigenvalue weighted by atomic mass is 9.97. The van der Waals surface area contributed by atoms with E-state index >= 15 is 0 Å². The van der Waals surface area contributed by atoms with Gasteiger partial charge in [-0.2, -0.15) is 5.26 Å². The minimum Gasteiger partial charge on any atom is -0.316 e. The Bertz CT molecular complexity index is 441. The molecule has 0 amide bonds. The molecule has 0 bridgehead atoms. The molecule has 1 aliphatic heterocycles. The average Bonchev–Trinajstić information content (AvgIpc) is 2.34. The Kier molecular flexibility index (Phi) is 7.97. The van der Waals surface area contributed by atoms with Crippen LogP contribution < -0.4 is 5.32 Å². The number of piperidine rings is 1. The monoisotopic (exact) mass is 305 g/mol. The summed E-state index contributed by atoms with van der Waals surface area (Å²) in [6, 6.07) is 5.82. The van der Waals surface area contributed by atoms with Gasteiger partial charge in [-0.05, 0) is 43.6 Å². The second-order valence-corrected chi connectivity index (χ2v) is 4.14. The lowest BCUT2D eigenvalue weighted by Gasteiger charge is -2.16. The summed E-state index contributed by atoms with van der Waals surface area (Å²) in [7, 11) is 0. The topological polar surface area (TPSA) is 48.7 Å². The molecule has 0 spiro atoms. The first kappa shape index (κ1) is 17.2. The first-order valence-electron chi connectivity index (χ1n) is 5.26. The first-order valence-corrected chi connectivity index (χ1v) is 5.64. The van der Waals surface area contributed by atoms with Crippen molar-refractivity contribution < 1.29 is 0 Å². The number of nitrogens with one attached hydrogen (secondary N) is 1. The van der Waals surface area contributed by atoms with Crippen LogP contribution >= 0.6 is 36.4 Å². The van der Waals surface area contributed by atoms with Crippen LogP contribution in [0.1, 0.15) is 18.5 Å². The highest BCUT2D eigenvalue weighted by Gasteiger charge is 2.13. The van der Waals surface area contributed by atoms with Crippen LogP contribution in [0.5, 0.6) is 0 Å². The Morgan fingerprint density at radius 3 is 2.44 bits per heavy atom. The normalized spacial score (nSPS) is 13.9. The van der Waals surface area contributed by atoms with Crippen molar-refractivity contribution >= 4 is 42.0 Å². The number of nitriles is 1. The van der Waals surface area contributed by atoms with E-state index < -0.39 is 0 Å². The van der Waals surface area contributed by atoms with E-state index in [4.69, 9.17) is 11.6 Å². The van der Waals surface area contributed by atoms with E-state index in [1.165, 1.54) is 5.57 Å². The van der Waals surface area contributed by atoms with E-state index in [0.29, 0.717) is 10.6 Å². The summed E-state index contributed by atoms with van der Waals surface area (Å²) >= 11 is 5.77. The Morgan fingerprint density at radius 1 is 1.28 bits per heavy atom. The second kappa shape index (κ2) is 8.34. The van der Waals surface area contributed by atoms with Gasteiger partial charge in [0.15, 0.2) is 0 Å². The molecule has 0 unspecified atom stereocenters. The molecule has 0 aliphatic carbocycles. The van der Waals surface area contributed by atoms with Gasteiger partial charge in [-0.1, -0.05) is 11.6 Å². The van der Waals surface area contributed by atoms with Gasteiger partial charge in [-0.3, -0.25) is 4.98 Å². The fourth-order valence-corrected chi connectivity index (χ4v) is 1.93. The quantitative estimate of drug-likeness (QED) is 0.810. The van der Waals surface area contributed by atoms with Gasteiger partial charge in [0.2, 0.25) is 0 Å². The smallest absolute Gasteiger partial charge is 0.101 e. The third-order valence-corrected chi connectivity index (χ3v) is 2.88. The fourth-order valence-electron chi connectivity index (χ4n) is 1.82. The molecule has 1 fully saturated rings. The van der Waals surface area contributed by atoms with Crippen molar-refractivity contribution in [2.75, 3.05) is 13.1 Å². The molecule has 98 valence electrons. The van der Waals surface area contributed by atoms with E-state index in [1.54, 1.807) is 18.3 Å². The van der Waals surface area contributed by atoms with Crippen molar-refractivity contribution in [3.05, 3.63) is 34.6 Å². The van der Waals surface area contributed by atoms with E-state index in [-0.39, 0.29) is 24.8 Å². The molecule has 1 saturated heterocycles. The number of aromatic nitrogens is 1. The van der Waals surface area contributed by atoms with Gasteiger partial charge in [-0.25, -0.2) is 0 Å². The number of allylic oxidation sites excluding steroid dienone is 1. The van der Waals surface area contributed by atoms with Crippen LogP contribution in [0, 0.1) is 11.3 Å². The molecule has 18 heavy (non-hydrogen) atoms. The Labute approximate surface area is 124 Å². The third-order valence-electron chi connectivity index (χ3n) is 2.66. The minimum absolute atomic E-state index is 0. The van der Waals surface area contributed by atoms with E-state index in [1.807, 2.05) is 0 Å². The molecule has 2 rings (SSSR count). The van der Waals surface area contributed by atoms with Gasteiger partial charge in [0, 0.05) is 6.20 Å². The van der Waals surface area contributed by atoms with Crippen LogP contribution in [0.15, 0.2) is 23.9 Å². The molecule has 6 heteroatoms. The highest BCUT2D eigenvalue weighted by molar-refractivity contribution is 6.30. The van der Waals surface area contributed by atoms with Crippen molar-refractivity contribution in [3.63, 3.8) is 0 Å². The van der Waals surface area contributed by atoms with Gasteiger partial charge < -0.3 is 5.32 Å². The number of nitrogens with zero attached hydrogens (tertiary/aromatic N) is 2. The summed E-state index contributed by atoms with van der Waals surface area (Å²) in [6.07, 6.45) is 3.43. The maximum Gasteiger partial charge on any atom is 0.101 e. The number of rotatable bonds is 1. The van der Waals surface area contributed by atoms with Crippen LogP contribution in [0.3, 0.4) is 0 Å². The molecule has 1 aromatic heterocycles. The van der Waals surface area contributed by atoms with Gasteiger partial charge >= 0.3 is 0 Å². The van der Waals surface area contributed by atoms with E-state index in [9.17, 15) is 5.26 Å². The fraction of sp³-hybridized carbons (Fsp3) is 0.333. The largest absolute Gasteiger partial charge is 0.316 e. The minimum atomic E-state index is 0. The van der Waals surface area contributed by atoms with Crippen molar-refractivity contribution in [2.24, 2.45) is 0 Å². The molecule has 0 radical (unpaired) electrons. The molecular weight excluding hydrogens is 293 g/mol. The Balaban J connectivity index is 0.00000144. The summed E-state index contributed by atoms with van der Waals surface area (Å²) in [5.41, 5.74) is 2.62. The molecule has 1 aromatic rings. The Morgan fingerprint density at radius 2 is 1.94 bits per heavy atom. The second-order valence-electron chi connectivity index (χ2n) is 3.70. The number of hydrogen-bond donors (Lipinski definition) is 1. The van der Waals surface area contributed by atoms with E-state index in [0.717, 1.165) is 31.6 Å². The summed E-state index contributed by atoms with van der Waals surface area (Å²) in [6.45, 7) is 1.88. The summed E-state index contributed by atoms with van der Waals surface area (Å²) < 4.78 is 0. The van der Waals surface area contributed by atoms with Crippen LogP contribution in [0.25, 0.3) is 5.57 Å². The van der Waals surface area contributed by atoms with Crippen LogP contribution in [0.4, 0.5) is 0 Å². The maximum atomic E-state index is 9.20. The van der Waals surface area contributed by atoms with Gasteiger partial charge in [0.1, 0.15) is 6.07 Å². The molecule has 0 aromatic carbocycles. The van der Waals surface area contributed by atoms with Crippen LogP contribution in [-0.2, 0) is 0 Å². The zero-order chi connectivity index (χ0) is 11.4. The van der Waals surface area contributed by atoms with Gasteiger partial charge in [-0.15, -0.1) is 24.8 Å². The highest BCUT2D eigenvalue weighted by atomic mass is 35.5. The maximum absolute atomic E-state index is 9.20. The standard InChI is InChI=1S/C12H12ClN3.2ClH/c13-10-1-2-12(16-8-10)11(7-14)9-3-5-15-6-4-9;;/h1-2,8,15H,3-6H2;2*1H. The predicted octanol–water partition coefficient (Wildman–Crippen LogP) is 3.24. The lowest BCUT2D eigenvalue weighted by Crippen LogP contribution is -2.23.